The Balaban J connectivity index is 2.47. The monoisotopic (exact) mass is 280 g/mol. The Hall–Kier alpha value is -2.07. The zero-order valence-electron chi connectivity index (χ0n) is 9.98. The maximum atomic E-state index is 13.2. The highest BCUT2D eigenvalue weighted by molar-refractivity contribution is 6.33. The summed E-state index contributed by atoms with van der Waals surface area (Å²) in [7, 11) is 1.26. The van der Waals surface area contributed by atoms with Gasteiger partial charge >= 0.3 is 5.97 Å². The lowest BCUT2D eigenvalue weighted by Gasteiger charge is -2.07. The Morgan fingerprint density at radius 1 is 1.21 bits per heavy atom. The van der Waals surface area contributed by atoms with Gasteiger partial charge in [0.25, 0.3) is 0 Å². The number of benzene rings is 2. The third-order valence-electron chi connectivity index (χ3n) is 2.59. The molecule has 19 heavy (non-hydrogen) atoms. The highest BCUT2D eigenvalue weighted by Gasteiger charge is 2.12. The first-order valence-corrected chi connectivity index (χ1v) is 5.77. The van der Waals surface area contributed by atoms with Crippen molar-refractivity contribution in [2.45, 2.75) is 0 Å². The van der Waals surface area contributed by atoms with Crippen LogP contribution in [0.3, 0.4) is 0 Å². The van der Waals surface area contributed by atoms with Gasteiger partial charge in [0, 0.05) is 6.07 Å². The van der Waals surface area contributed by atoms with E-state index >= 15 is 0 Å². The van der Waals surface area contributed by atoms with E-state index in [4.69, 9.17) is 11.6 Å². The van der Waals surface area contributed by atoms with Crippen LogP contribution in [0.25, 0.3) is 11.1 Å². The van der Waals surface area contributed by atoms with Crippen LogP contribution in [0.4, 0.5) is 4.39 Å². The van der Waals surface area contributed by atoms with Crippen LogP contribution in [0.15, 0.2) is 36.4 Å². The van der Waals surface area contributed by atoms with Crippen molar-refractivity contribution in [2.24, 2.45) is 0 Å². The van der Waals surface area contributed by atoms with Gasteiger partial charge in [0.1, 0.15) is 11.6 Å². The standard InChI is InChI=1S/C14H10ClFO3/c1-19-14(18)12-3-2-8(6-13(12)15)9-4-10(16)7-11(17)5-9/h2-7,17H,1H3. The van der Waals surface area contributed by atoms with Crippen molar-refractivity contribution < 1.29 is 19.0 Å². The predicted octanol–water partition coefficient (Wildman–Crippen LogP) is 3.64. The van der Waals surface area contributed by atoms with E-state index in [1.165, 1.54) is 31.4 Å². The third-order valence-corrected chi connectivity index (χ3v) is 2.90. The lowest BCUT2D eigenvalue weighted by molar-refractivity contribution is 0.0601. The van der Waals surface area contributed by atoms with E-state index in [1.807, 2.05) is 0 Å². The molecule has 0 radical (unpaired) electrons. The second-order valence-electron chi connectivity index (χ2n) is 3.88. The van der Waals surface area contributed by atoms with Gasteiger partial charge in [-0.3, -0.25) is 0 Å². The molecule has 0 bridgehead atoms. The van der Waals surface area contributed by atoms with Crippen molar-refractivity contribution in [1.29, 1.82) is 0 Å². The first-order chi connectivity index (χ1) is 9.01. The van der Waals surface area contributed by atoms with E-state index in [0.29, 0.717) is 11.1 Å². The molecule has 0 aliphatic rings. The molecule has 0 atom stereocenters. The van der Waals surface area contributed by atoms with E-state index in [2.05, 4.69) is 4.74 Å². The van der Waals surface area contributed by atoms with Crippen LogP contribution in [0.1, 0.15) is 10.4 Å². The molecular formula is C14H10ClFO3. The fourth-order valence-corrected chi connectivity index (χ4v) is 1.97. The topological polar surface area (TPSA) is 46.5 Å². The molecule has 2 rings (SSSR count). The Labute approximate surface area is 114 Å². The normalized spacial score (nSPS) is 10.3. The molecular weight excluding hydrogens is 271 g/mol. The number of hydrogen-bond donors (Lipinski definition) is 1. The number of rotatable bonds is 2. The summed E-state index contributed by atoms with van der Waals surface area (Å²) >= 11 is 5.98. The lowest BCUT2D eigenvalue weighted by Crippen LogP contribution is -2.01. The van der Waals surface area contributed by atoms with Gasteiger partial charge in [-0.2, -0.15) is 0 Å². The highest BCUT2D eigenvalue weighted by atomic mass is 35.5. The first-order valence-electron chi connectivity index (χ1n) is 5.39. The summed E-state index contributed by atoms with van der Waals surface area (Å²) in [4.78, 5) is 11.4. The summed E-state index contributed by atoms with van der Waals surface area (Å²) in [6, 6.07) is 8.30. The van der Waals surface area contributed by atoms with Gasteiger partial charge in [-0.15, -0.1) is 0 Å². The number of carbonyl (C=O) groups excluding carboxylic acids is 1. The Morgan fingerprint density at radius 2 is 1.95 bits per heavy atom. The summed E-state index contributed by atoms with van der Waals surface area (Å²) in [5.41, 5.74) is 1.29. The fraction of sp³-hybridized carbons (Fsp3) is 0.0714. The Bertz CT molecular complexity index is 620. The maximum absolute atomic E-state index is 13.2. The molecule has 0 aliphatic carbocycles. The highest BCUT2D eigenvalue weighted by Crippen LogP contribution is 2.29. The molecule has 2 aromatic carbocycles. The summed E-state index contributed by atoms with van der Waals surface area (Å²) in [5.74, 6) is -1.27. The number of hydrogen-bond acceptors (Lipinski definition) is 3. The number of ether oxygens (including phenoxy) is 1. The molecule has 98 valence electrons. The van der Waals surface area contributed by atoms with Crippen molar-refractivity contribution in [3.8, 4) is 16.9 Å². The van der Waals surface area contributed by atoms with Gasteiger partial charge in [-0.1, -0.05) is 17.7 Å². The Morgan fingerprint density at radius 3 is 2.53 bits per heavy atom. The van der Waals surface area contributed by atoms with Gasteiger partial charge in [0.05, 0.1) is 17.7 Å². The van der Waals surface area contributed by atoms with Crippen LogP contribution in [0, 0.1) is 5.82 Å². The molecule has 1 N–H and O–H groups in total. The fourth-order valence-electron chi connectivity index (χ4n) is 1.71. The van der Waals surface area contributed by atoms with Gasteiger partial charge in [0.15, 0.2) is 0 Å². The first kappa shape index (κ1) is 13.4. The van der Waals surface area contributed by atoms with E-state index < -0.39 is 11.8 Å². The number of carbonyl (C=O) groups is 1. The number of phenols is 1. The van der Waals surface area contributed by atoms with E-state index in [9.17, 15) is 14.3 Å². The lowest BCUT2D eigenvalue weighted by atomic mass is 10.0. The molecule has 3 nitrogen and oxygen atoms in total. The minimum absolute atomic E-state index is 0.178. The molecule has 0 saturated carbocycles. The van der Waals surface area contributed by atoms with Crippen LogP contribution < -0.4 is 0 Å². The SMILES string of the molecule is COC(=O)c1ccc(-c2cc(O)cc(F)c2)cc1Cl. The zero-order chi connectivity index (χ0) is 14.0. The summed E-state index contributed by atoms with van der Waals surface area (Å²) in [5, 5.41) is 9.56. The summed E-state index contributed by atoms with van der Waals surface area (Å²) in [6.45, 7) is 0. The minimum Gasteiger partial charge on any atom is -0.508 e. The minimum atomic E-state index is -0.553. The molecule has 5 heteroatoms. The van der Waals surface area contributed by atoms with Gasteiger partial charge in [-0.05, 0) is 35.4 Å². The molecule has 0 unspecified atom stereocenters. The maximum Gasteiger partial charge on any atom is 0.339 e. The molecule has 2 aromatic rings. The number of phenolic OH excluding ortho intramolecular Hbond substituents is 1. The van der Waals surface area contributed by atoms with Gasteiger partial charge in [0.2, 0.25) is 0 Å². The van der Waals surface area contributed by atoms with Crippen molar-refractivity contribution >= 4 is 17.6 Å². The molecule has 0 aliphatic heterocycles. The summed E-state index contributed by atoms with van der Waals surface area (Å²) < 4.78 is 17.8. The Kier molecular flexibility index (Phi) is 3.71. The second-order valence-corrected chi connectivity index (χ2v) is 4.29. The van der Waals surface area contributed by atoms with Crippen molar-refractivity contribution in [1.82, 2.24) is 0 Å². The number of halogens is 2. The predicted molar refractivity (Wildman–Crippen MR) is 69.9 cm³/mol. The number of aromatic hydroxyl groups is 1. The van der Waals surface area contributed by atoms with Crippen LogP contribution in [-0.4, -0.2) is 18.2 Å². The molecule has 0 aromatic heterocycles. The van der Waals surface area contributed by atoms with Crippen LogP contribution in [-0.2, 0) is 4.74 Å². The average molecular weight is 281 g/mol. The zero-order valence-corrected chi connectivity index (χ0v) is 10.7. The third kappa shape index (κ3) is 2.85. The van der Waals surface area contributed by atoms with Crippen LogP contribution >= 0.6 is 11.6 Å². The second kappa shape index (κ2) is 5.28. The van der Waals surface area contributed by atoms with E-state index in [0.717, 1.165) is 6.07 Å². The largest absolute Gasteiger partial charge is 0.508 e. The van der Waals surface area contributed by atoms with Crippen molar-refractivity contribution in [3.05, 3.63) is 52.8 Å². The number of methoxy groups -OCH3 is 1. The molecule has 0 heterocycles. The van der Waals surface area contributed by atoms with Gasteiger partial charge < -0.3 is 9.84 Å². The summed E-state index contributed by atoms with van der Waals surface area (Å²) in [6.07, 6.45) is 0. The van der Waals surface area contributed by atoms with E-state index in [-0.39, 0.29) is 16.3 Å². The smallest absolute Gasteiger partial charge is 0.339 e. The van der Waals surface area contributed by atoms with Crippen molar-refractivity contribution in [2.75, 3.05) is 7.11 Å². The number of esters is 1. The molecule has 0 amide bonds. The molecule has 0 spiro atoms. The van der Waals surface area contributed by atoms with Crippen LogP contribution in [0.2, 0.25) is 5.02 Å². The molecule has 0 fully saturated rings. The molecule has 0 saturated heterocycles. The average Bonchev–Trinajstić information content (AvgIpc) is 2.36. The van der Waals surface area contributed by atoms with Crippen molar-refractivity contribution in [3.63, 3.8) is 0 Å². The quantitative estimate of drug-likeness (QED) is 0.854. The van der Waals surface area contributed by atoms with Gasteiger partial charge in [-0.25, -0.2) is 9.18 Å². The van der Waals surface area contributed by atoms with E-state index in [1.54, 1.807) is 6.07 Å². The van der Waals surface area contributed by atoms with Crippen LogP contribution in [0.5, 0.6) is 5.75 Å².